The number of benzene rings is 3. The van der Waals surface area contributed by atoms with E-state index in [0.29, 0.717) is 5.75 Å². The zero-order valence-corrected chi connectivity index (χ0v) is 22.1. The van der Waals surface area contributed by atoms with Crippen molar-refractivity contribution in [1.82, 2.24) is 5.43 Å². The predicted molar refractivity (Wildman–Crippen MR) is 145 cm³/mol. The number of rotatable bonds is 7. The maximum absolute atomic E-state index is 6.83. The summed E-state index contributed by atoms with van der Waals surface area (Å²) >= 11 is 1.70. The third-order valence-electron chi connectivity index (χ3n) is 7.36. The lowest BCUT2D eigenvalue weighted by Crippen LogP contribution is -2.45. The van der Waals surface area contributed by atoms with Crippen LogP contribution in [0.5, 0.6) is 23.0 Å². The fourth-order valence-electron chi connectivity index (χ4n) is 5.56. The standard InChI is InChI=1S/C29H32N2O4S/c1-29(19-11-13-20(32-2)14-12-19)26(25-23(34-4)16-21(33-3)17-24(25)35-29)27-22(28(36-5)31-30-27)15-18-9-7-6-8-10-18/h6-14,16-17,22,26-27,30H,15H2,1-5H3/t22?,26?,27?,29-/m1/s1. The molecule has 3 aromatic rings. The minimum Gasteiger partial charge on any atom is -0.497 e. The molecule has 0 saturated carbocycles. The van der Waals surface area contributed by atoms with Gasteiger partial charge in [0.05, 0.1) is 38.3 Å². The lowest BCUT2D eigenvalue weighted by molar-refractivity contribution is 0.0676. The molecule has 1 N–H and O–H groups in total. The predicted octanol–water partition coefficient (Wildman–Crippen LogP) is 5.61. The molecule has 188 valence electrons. The molecule has 6 nitrogen and oxygen atoms in total. The number of nitrogens with zero attached hydrogens (tertiary/aromatic N) is 1. The van der Waals surface area contributed by atoms with Crippen molar-refractivity contribution in [3.8, 4) is 23.0 Å². The Hall–Kier alpha value is -3.32. The Labute approximate surface area is 217 Å². The van der Waals surface area contributed by atoms with Crippen molar-refractivity contribution in [1.29, 1.82) is 0 Å². The highest BCUT2D eigenvalue weighted by molar-refractivity contribution is 8.13. The Morgan fingerprint density at radius 3 is 2.31 bits per heavy atom. The minimum atomic E-state index is -0.676. The third kappa shape index (κ3) is 4.15. The van der Waals surface area contributed by atoms with Gasteiger partial charge in [-0.1, -0.05) is 42.5 Å². The summed E-state index contributed by atoms with van der Waals surface area (Å²) in [7, 11) is 5.03. The van der Waals surface area contributed by atoms with Crippen molar-refractivity contribution in [2.45, 2.75) is 30.9 Å². The average Bonchev–Trinajstić information content (AvgIpc) is 3.45. The lowest BCUT2D eigenvalue weighted by atomic mass is 9.71. The summed E-state index contributed by atoms with van der Waals surface area (Å²) in [6, 6.07) is 22.6. The van der Waals surface area contributed by atoms with E-state index < -0.39 is 5.60 Å². The fraction of sp³-hybridized carbons (Fsp3) is 0.345. The molecule has 0 radical (unpaired) electrons. The van der Waals surface area contributed by atoms with Crippen LogP contribution >= 0.6 is 11.8 Å². The highest BCUT2D eigenvalue weighted by atomic mass is 32.2. The van der Waals surface area contributed by atoms with Crippen molar-refractivity contribution in [2.75, 3.05) is 27.6 Å². The van der Waals surface area contributed by atoms with Gasteiger partial charge in [0.25, 0.3) is 0 Å². The van der Waals surface area contributed by atoms with Gasteiger partial charge in [-0.2, -0.15) is 5.10 Å². The molecule has 0 aliphatic carbocycles. The molecular formula is C29H32N2O4S. The summed E-state index contributed by atoms with van der Waals surface area (Å²) in [6.07, 6.45) is 2.97. The molecule has 5 rings (SSSR count). The monoisotopic (exact) mass is 504 g/mol. The largest absolute Gasteiger partial charge is 0.497 e. The van der Waals surface area contributed by atoms with Crippen LogP contribution in [0.2, 0.25) is 0 Å². The zero-order valence-electron chi connectivity index (χ0n) is 21.3. The molecule has 4 atom stereocenters. The van der Waals surface area contributed by atoms with E-state index in [4.69, 9.17) is 24.0 Å². The third-order valence-corrected chi connectivity index (χ3v) is 8.18. The van der Waals surface area contributed by atoms with E-state index in [1.165, 1.54) is 5.56 Å². The number of hydrogen-bond donors (Lipinski definition) is 1. The van der Waals surface area contributed by atoms with Gasteiger partial charge in [-0.25, -0.2) is 0 Å². The zero-order chi connectivity index (χ0) is 25.3. The average molecular weight is 505 g/mol. The second kappa shape index (κ2) is 9.97. The van der Waals surface area contributed by atoms with Crippen LogP contribution in [0.15, 0.2) is 71.8 Å². The van der Waals surface area contributed by atoms with Gasteiger partial charge in [-0.05, 0) is 42.9 Å². The molecule has 36 heavy (non-hydrogen) atoms. The minimum absolute atomic E-state index is 0.0108. The molecule has 3 unspecified atom stereocenters. The van der Waals surface area contributed by atoms with Gasteiger partial charge in [0.2, 0.25) is 0 Å². The molecule has 7 heteroatoms. The lowest BCUT2D eigenvalue weighted by Gasteiger charge is -2.37. The van der Waals surface area contributed by atoms with Crippen LogP contribution in [0, 0.1) is 5.92 Å². The fourth-order valence-corrected chi connectivity index (χ4v) is 6.23. The summed E-state index contributed by atoms with van der Waals surface area (Å²) in [5, 5.41) is 5.89. The normalized spacial score (nSPS) is 24.4. The molecular weight excluding hydrogens is 472 g/mol. The summed E-state index contributed by atoms with van der Waals surface area (Å²) in [5.41, 5.74) is 6.21. The molecule has 2 aliphatic heterocycles. The van der Waals surface area contributed by atoms with Crippen LogP contribution in [-0.4, -0.2) is 38.7 Å². The van der Waals surface area contributed by atoms with Crippen molar-refractivity contribution < 1.29 is 18.9 Å². The first-order chi connectivity index (χ1) is 17.5. The van der Waals surface area contributed by atoms with Gasteiger partial charge in [0, 0.05) is 23.6 Å². The van der Waals surface area contributed by atoms with Gasteiger partial charge >= 0.3 is 0 Å². The second-order valence-corrected chi connectivity index (χ2v) is 10.1. The van der Waals surface area contributed by atoms with Crippen molar-refractivity contribution in [3.05, 3.63) is 83.4 Å². The smallest absolute Gasteiger partial charge is 0.140 e. The first-order valence-electron chi connectivity index (χ1n) is 12.0. The number of thioether (sulfide) groups is 1. The molecule has 0 spiro atoms. The number of methoxy groups -OCH3 is 3. The van der Waals surface area contributed by atoms with E-state index in [-0.39, 0.29) is 17.9 Å². The maximum atomic E-state index is 6.83. The Morgan fingerprint density at radius 2 is 1.67 bits per heavy atom. The van der Waals surface area contributed by atoms with E-state index in [9.17, 15) is 0 Å². The molecule has 3 aromatic carbocycles. The van der Waals surface area contributed by atoms with Crippen LogP contribution in [0.4, 0.5) is 0 Å². The van der Waals surface area contributed by atoms with Gasteiger partial charge in [-0.3, -0.25) is 0 Å². The van der Waals surface area contributed by atoms with Crippen LogP contribution in [0.3, 0.4) is 0 Å². The van der Waals surface area contributed by atoms with Crippen molar-refractivity contribution >= 4 is 16.8 Å². The van der Waals surface area contributed by atoms with Gasteiger partial charge in [0.15, 0.2) is 0 Å². The van der Waals surface area contributed by atoms with Crippen LogP contribution < -0.4 is 24.4 Å². The van der Waals surface area contributed by atoms with Crippen molar-refractivity contribution in [3.63, 3.8) is 0 Å². The van der Waals surface area contributed by atoms with Crippen LogP contribution in [0.25, 0.3) is 0 Å². The Bertz CT molecular complexity index is 1250. The summed E-state index contributed by atoms with van der Waals surface area (Å²) in [4.78, 5) is 0. The van der Waals surface area contributed by atoms with Crippen LogP contribution in [-0.2, 0) is 12.0 Å². The number of hydrazone groups is 1. The maximum Gasteiger partial charge on any atom is 0.140 e. The molecule has 0 fully saturated rings. The highest BCUT2D eigenvalue weighted by Gasteiger charge is 2.55. The van der Waals surface area contributed by atoms with Gasteiger partial charge in [0.1, 0.15) is 28.6 Å². The van der Waals surface area contributed by atoms with E-state index in [0.717, 1.165) is 39.8 Å². The Kier molecular flexibility index (Phi) is 6.75. The molecule has 0 amide bonds. The molecule has 0 bridgehead atoms. The van der Waals surface area contributed by atoms with E-state index in [1.54, 1.807) is 33.1 Å². The molecule has 2 heterocycles. The van der Waals surface area contributed by atoms with E-state index in [2.05, 4.69) is 61.1 Å². The van der Waals surface area contributed by atoms with Crippen molar-refractivity contribution in [2.24, 2.45) is 11.0 Å². The molecule has 0 saturated heterocycles. The quantitative estimate of drug-likeness (QED) is 0.451. The molecule has 2 aliphatic rings. The number of hydrogen-bond acceptors (Lipinski definition) is 7. The first-order valence-corrected chi connectivity index (χ1v) is 13.2. The van der Waals surface area contributed by atoms with Crippen LogP contribution in [0.1, 0.15) is 29.5 Å². The summed E-state index contributed by atoms with van der Waals surface area (Å²) in [5.74, 6) is 3.12. The number of ether oxygens (including phenoxy) is 4. The van der Waals surface area contributed by atoms with E-state index in [1.807, 2.05) is 24.3 Å². The number of fused-ring (bicyclic) bond motifs is 1. The topological polar surface area (TPSA) is 61.3 Å². The number of nitrogens with one attached hydrogen (secondary N) is 1. The molecule has 0 aromatic heterocycles. The second-order valence-electron chi connectivity index (χ2n) is 9.26. The Balaban J connectivity index is 1.64. The first kappa shape index (κ1) is 24.4. The van der Waals surface area contributed by atoms with Gasteiger partial charge < -0.3 is 24.4 Å². The highest BCUT2D eigenvalue weighted by Crippen LogP contribution is 2.58. The summed E-state index contributed by atoms with van der Waals surface area (Å²) < 4.78 is 23.7. The van der Waals surface area contributed by atoms with E-state index >= 15 is 0 Å². The van der Waals surface area contributed by atoms with Gasteiger partial charge in [-0.15, -0.1) is 11.8 Å². The Morgan fingerprint density at radius 1 is 0.944 bits per heavy atom. The SMILES string of the molecule is COc1ccc([C@@]2(C)Oc3cc(OC)cc(OC)c3C2C2NN=C(SC)C2Cc2ccccc2)cc1. The summed E-state index contributed by atoms with van der Waals surface area (Å²) in [6.45, 7) is 2.16.